The molecule has 2 unspecified atom stereocenters. The summed E-state index contributed by atoms with van der Waals surface area (Å²) in [5.41, 5.74) is 9.08. The second-order valence-electron chi connectivity index (χ2n) is 12.0. The zero-order valence-corrected chi connectivity index (χ0v) is 31.7. The van der Waals surface area contributed by atoms with Crippen molar-refractivity contribution in [1.29, 1.82) is 0 Å². The molecule has 8 rings (SSSR count). The Labute approximate surface area is 328 Å². The molecule has 0 spiro atoms. The van der Waals surface area contributed by atoms with Gasteiger partial charge in [0.15, 0.2) is 24.0 Å². The Bertz CT molecular complexity index is 1900. The molecule has 0 radical (unpaired) electrons. The van der Waals surface area contributed by atoms with E-state index in [1.165, 1.54) is 11.1 Å². The molecule has 0 amide bonds. The standard InChI is InChI=1S/C43H34N2O2.2BrH.Pd/c1-5-15-30(16-6-1)34-23-13-25-36(27-34)40-42(32-19-9-3-10-20-32)46-38(44-40)29-39-45-41(43(47-39)33-21-11-4-12-22-33)37-26-14-24-35(28-37)31-17-7-2-8-18-31;;;/h1-28,40-43H,29H2;2*1H;/q;;;+2/p-2/t40-,41-,42?,43?;;;/m1.../s1. The summed E-state index contributed by atoms with van der Waals surface area (Å²) in [6, 6.07) is 58.5. The Kier molecular flexibility index (Phi) is 12.8. The van der Waals surface area contributed by atoms with Crippen LogP contribution in [0.3, 0.4) is 0 Å². The summed E-state index contributed by atoms with van der Waals surface area (Å²) in [6.07, 6.45) is -0.110. The van der Waals surface area contributed by atoms with Crippen LogP contribution < -0.4 is 34.0 Å². The van der Waals surface area contributed by atoms with Crippen molar-refractivity contribution in [3.63, 3.8) is 0 Å². The van der Waals surface area contributed by atoms with E-state index in [0.29, 0.717) is 18.2 Å². The number of benzene rings is 6. The monoisotopic (exact) mass is 874 g/mol. The van der Waals surface area contributed by atoms with Crippen LogP contribution in [0.4, 0.5) is 0 Å². The minimum Gasteiger partial charge on any atom is -1.00 e. The number of rotatable bonds is 8. The second-order valence-corrected chi connectivity index (χ2v) is 12.0. The molecule has 50 heavy (non-hydrogen) atoms. The molecule has 4 atom stereocenters. The molecule has 6 aromatic carbocycles. The van der Waals surface area contributed by atoms with Crippen LogP contribution in [0.2, 0.25) is 0 Å². The quantitative estimate of drug-likeness (QED) is 0.211. The van der Waals surface area contributed by atoms with Crippen molar-refractivity contribution in [2.45, 2.75) is 30.7 Å². The van der Waals surface area contributed by atoms with E-state index < -0.39 is 0 Å². The van der Waals surface area contributed by atoms with E-state index in [-0.39, 0.29) is 78.7 Å². The normalized spacial score (nSPS) is 19.0. The first-order valence-electron chi connectivity index (χ1n) is 16.2. The van der Waals surface area contributed by atoms with E-state index in [1.54, 1.807) is 0 Å². The van der Waals surface area contributed by atoms with Crippen molar-refractivity contribution in [2.75, 3.05) is 0 Å². The maximum atomic E-state index is 6.67. The first-order chi connectivity index (χ1) is 23.3. The predicted octanol–water partition coefficient (Wildman–Crippen LogP) is 4.54. The number of hydrogen-bond acceptors (Lipinski definition) is 4. The third-order valence-electron chi connectivity index (χ3n) is 8.89. The molecule has 0 N–H and O–H groups in total. The van der Waals surface area contributed by atoms with E-state index >= 15 is 0 Å². The van der Waals surface area contributed by atoms with Gasteiger partial charge in [-0.15, -0.1) is 0 Å². The molecule has 2 heterocycles. The summed E-state index contributed by atoms with van der Waals surface area (Å²) in [5, 5.41) is 0. The molecular weight excluding hydrogens is 843 g/mol. The first kappa shape index (κ1) is 37.1. The maximum absolute atomic E-state index is 6.67. The first-order valence-corrected chi connectivity index (χ1v) is 16.2. The second kappa shape index (κ2) is 17.2. The van der Waals surface area contributed by atoms with Crippen LogP contribution in [-0.4, -0.2) is 11.8 Å². The van der Waals surface area contributed by atoms with Gasteiger partial charge in [0.05, 0.1) is 6.42 Å². The third-order valence-corrected chi connectivity index (χ3v) is 8.89. The topological polar surface area (TPSA) is 43.2 Å². The van der Waals surface area contributed by atoms with E-state index in [4.69, 9.17) is 19.5 Å². The van der Waals surface area contributed by atoms with Crippen molar-refractivity contribution in [3.05, 3.63) is 192 Å². The summed E-state index contributed by atoms with van der Waals surface area (Å²) in [5.74, 6) is 1.27. The van der Waals surface area contributed by atoms with Crippen LogP contribution in [0.1, 0.15) is 53.0 Å². The summed E-state index contributed by atoms with van der Waals surface area (Å²) < 4.78 is 13.3. The van der Waals surface area contributed by atoms with Crippen molar-refractivity contribution in [1.82, 2.24) is 0 Å². The minimum atomic E-state index is -0.248. The van der Waals surface area contributed by atoms with Crippen LogP contribution in [0.15, 0.2) is 180 Å². The fourth-order valence-electron chi connectivity index (χ4n) is 6.58. The molecule has 252 valence electrons. The van der Waals surface area contributed by atoms with Crippen LogP contribution in [0.25, 0.3) is 22.3 Å². The van der Waals surface area contributed by atoms with E-state index in [0.717, 1.165) is 33.4 Å². The Hall–Kier alpha value is -4.12. The van der Waals surface area contributed by atoms with E-state index in [9.17, 15) is 0 Å². The summed E-state index contributed by atoms with van der Waals surface area (Å²) in [4.78, 5) is 10.4. The third kappa shape index (κ3) is 8.09. The summed E-state index contributed by atoms with van der Waals surface area (Å²) >= 11 is 0. The van der Waals surface area contributed by atoms with Gasteiger partial charge in [0, 0.05) is 0 Å². The smallest absolute Gasteiger partial charge is 1.00 e. The number of nitrogens with zero attached hydrogens (tertiary/aromatic N) is 2. The molecule has 0 aromatic heterocycles. The van der Waals surface area contributed by atoms with E-state index in [2.05, 4.69) is 146 Å². The molecule has 0 fully saturated rings. The largest absolute Gasteiger partial charge is 2.00 e. The molecule has 7 heteroatoms. The summed E-state index contributed by atoms with van der Waals surface area (Å²) in [7, 11) is 0. The van der Waals surface area contributed by atoms with Gasteiger partial charge in [0.25, 0.3) is 0 Å². The maximum Gasteiger partial charge on any atom is 2.00 e. The SMILES string of the molecule is [Br-].[Br-].[Pd+2].c1ccc(-c2cccc([C@H]3N=C(CC4=N[C@H](c5cccc(-c6ccccc6)c5)C(c5ccccc5)O4)OC3c3ccccc3)c2)cc1. The molecule has 0 aliphatic carbocycles. The van der Waals surface area contributed by atoms with Gasteiger partial charge in [-0.25, -0.2) is 9.98 Å². The van der Waals surface area contributed by atoms with Crippen molar-refractivity contribution in [3.8, 4) is 22.3 Å². The van der Waals surface area contributed by atoms with E-state index in [1.807, 2.05) is 24.3 Å². The summed E-state index contributed by atoms with van der Waals surface area (Å²) in [6.45, 7) is 0. The average molecular weight is 877 g/mol. The Morgan fingerprint density at radius 1 is 0.380 bits per heavy atom. The number of hydrogen-bond donors (Lipinski definition) is 0. The average Bonchev–Trinajstić information content (AvgIpc) is 3.78. The van der Waals surface area contributed by atoms with Gasteiger partial charge >= 0.3 is 20.4 Å². The molecule has 2 aliphatic heterocycles. The fourth-order valence-corrected chi connectivity index (χ4v) is 6.58. The molecule has 2 aliphatic rings. The van der Waals surface area contributed by atoms with Crippen LogP contribution >= 0.6 is 0 Å². The molecular formula is C43H34Br2N2O2Pd. The van der Waals surface area contributed by atoms with Gasteiger partial charge in [-0.3, -0.25) is 0 Å². The van der Waals surface area contributed by atoms with Crippen LogP contribution in [-0.2, 0) is 29.9 Å². The van der Waals surface area contributed by atoms with Crippen molar-refractivity contribution in [2.24, 2.45) is 9.98 Å². The van der Waals surface area contributed by atoms with Gasteiger partial charge < -0.3 is 43.4 Å². The predicted molar refractivity (Wildman–Crippen MR) is 189 cm³/mol. The van der Waals surface area contributed by atoms with Gasteiger partial charge in [0.1, 0.15) is 12.1 Å². The molecule has 6 aromatic rings. The Morgan fingerprint density at radius 2 is 0.700 bits per heavy atom. The van der Waals surface area contributed by atoms with Crippen molar-refractivity contribution < 1.29 is 63.9 Å². The molecule has 0 saturated heterocycles. The number of aliphatic imine (C=N–C) groups is 2. The van der Waals surface area contributed by atoms with Crippen molar-refractivity contribution >= 4 is 11.8 Å². The number of ether oxygens (including phenoxy) is 2. The zero-order valence-electron chi connectivity index (χ0n) is 27.0. The van der Waals surface area contributed by atoms with Gasteiger partial charge in [-0.1, -0.05) is 158 Å². The van der Waals surface area contributed by atoms with Gasteiger partial charge in [0.2, 0.25) is 0 Å². The van der Waals surface area contributed by atoms with Gasteiger partial charge in [-0.05, 0) is 56.6 Å². The fraction of sp³-hybridized carbons (Fsp3) is 0.116. The number of halogens is 2. The van der Waals surface area contributed by atoms with Gasteiger partial charge in [-0.2, -0.15) is 0 Å². The molecule has 4 nitrogen and oxygen atoms in total. The minimum absolute atomic E-state index is 0. The molecule has 0 saturated carbocycles. The Morgan fingerprint density at radius 3 is 1.08 bits per heavy atom. The molecule has 0 bridgehead atoms. The Balaban J connectivity index is 0.00000162. The zero-order chi connectivity index (χ0) is 31.4. The van der Waals surface area contributed by atoms with Crippen LogP contribution in [0, 0.1) is 0 Å². The van der Waals surface area contributed by atoms with Crippen LogP contribution in [0.5, 0.6) is 0 Å².